The molecule has 2 aromatic carbocycles. The topological polar surface area (TPSA) is 158 Å². The van der Waals surface area contributed by atoms with Gasteiger partial charge in [-0.15, -0.1) is 0 Å². The minimum absolute atomic E-state index is 0.00638. The van der Waals surface area contributed by atoms with Crippen molar-refractivity contribution in [3.8, 4) is 5.75 Å². The molecule has 1 aromatic heterocycles. The number of sulfonamides is 1. The number of carbonyl (C=O) groups is 1. The van der Waals surface area contributed by atoms with E-state index in [1.165, 1.54) is 22.6 Å². The number of piperidine rings is 1. The summed E-state index contributed by atoms with van der Waals surface area (Å²) in [5.74, 6) is -1.25. The van der Waals surface area contributed by atoms with Crippen LogP contribution >= 0.6 is 0 Å². The average molecular weight is 603 g/mol. The number of carbonyl (C=O) groups excluding carboxylic acids is 1. The molecule has 0 unspecified atom stereocenters. The Morgan fingerprint density at radius 1 is 1.07 bits per heavy atom. The van der Waals surface area contributed by atoms with Crippen molar-refractivity contribution in [3.05, 3.63) is 60.8 Å². The predicted octanol–water partition coefficient (Wildman–Crippen LogP) is 1.86. The SMILES string of the molecule is NC(=O)CS(=O)(=O)c1cccc(OCCCN[C@H]2COC3(CCN(S(=O)(=O)c4cnc5ccccc5c4)CC3)C2)c1. The van der Waals surface area contributed by atoms with Gasteiger partial charge in [0.1, 0.15) is 16.4 Å². The van der Waals surface area contributed by atoms with Crippen LogP contribution < -0.4 is 15.8 Å². The van der Waals surface area contributed by atoms with Gasteiger partial charge >= 0.3 is 0 Å². The monoisotopic (exact) mass is 602 g/mol. The van der Waals surface area contributed by atoms with Crippen molar-refractivity contribution in [2.75, 3.05) is 38.6 Å². The number of primary amides is 1. The summed E-state index contributed by atoms with van der Waals surface area (Å²) >= 11 is 0. The van der Waals surface area contributed by atoms with Crippen LogP contribution in [0.4, 0.5) is 0 Å². The number of nitrogens with two attached hydrogens (primary N) is 1. The molecule has 3 heterocycles. The minimum Gasteiger partial charge on any atom is -0.494 e. The first-order valence-electron chi connectivity index (χ1n) is 13.5. The van der Waals surface area contributed by atoms with Crippen molar-refractivity contribution >= 4 is 36.7 Å². The minimum atomic E-state index is -3.80. The van der Waals surface area contributed by atoms with Gasteiger partial charge in [0.25, 0.3) is 0 Å². The maximum absolute atomic E-state index is 13.3. The fourth-order valence-corrected chi connectivity index (χ4v) is 7.94. The lowest BCUT2D eigenvalue weighted by molar-refractivity contribution is -0.115. The molecule has 0 saturated carbocycles. The van der Waals surface area contributed by atoms with Gasteiger partial charge in [0.15, 0.2) is 9.84 Å². The summed E-state index contributed by atoms with van der Waals surface area (Å²) < 4.78 is 64.4. The molecule has 3 N–H and O–H groups in total. The molecule has 11 nitrogen and oxygen atoms in total. The van der Waals surface area contributed by atoms with E-state index in [4.69, 9.17) is 15.2 Å². The first-order chi connectivity index (χ1) is 19.6. The smallest absolute Gasteiger partial charge is 0.244 e. The Morgan fingerprint density at radius 3 is 2.63 bits per heavy atom. The van der Waals surface area contributed by atoms with Crippen LogP contribution in [0, 0.1) is 0 Å². The highest BCUT2D eigenvalue weighted by molar-refractivity contribution is 7.92. The van der Waals surface area contributed by atoms with Gasteiger partial charge < -0.3 is 20.5 Å². The molecule has 3 aromatic rings. The van der Waals surface area contributed by atoms with Gasteiger partial charge in [0, 0.05) is 30.7 Å². The number of rotatable bonds is 11. The predicted molar refractivity (Wildman–Crippen MR) is 153 cm³/mol. The molecule has 0 aliphatic carbocycles. The molecule has 0 radical (unpaired) electrons. The van der Waals surface area contributed by atoms with Crippen LogP contribution in [0.1, 0.15) is 25.7 Å². The Kier molecular flexibility index (Phi) is 8.62. The Bertz CT molecular complexity index is 1620. The maximum Gasteiger partial charge on any atom is 0.244 e. The molecule has 1 amide bonds. The Labute approximate surface area is 240 Å². The molecule has 0 bridgehead atoms. The first kappa shape index (κ1) is 29.4. The van der Waals surface area contributed by atoms with Crippen LogP contribution in [0.15, 0.2) is 70.6 Å². The number of fused-ring (bicyclic) bond motifs is 1. The number of aromatic nitrogens is 1. The lowest BCUT2D eigenvalue weighted by Gasteiger charge is -2.38. The Balaban J connectivity index is 1.06. The van der Waals surface area contributed by atoms with Crippen molar-refractivity contribution in [2.24, 2.45) is 5.73 Å². The summed E-state index contributed by atoms with van der Waals surface area (Å²) in [7, 11) is -7.44. The van der Waals surface area contributed by atoms with E-state index in [2.05, 4.69) is 10.3 Å². The van der Waals surface area contributed by atoms with Crippen molar-refractivity contribution in [1.82, 2.24) is 14.6 Å². The lowest BCUT2D eigenvalue weighted by Crippen LogP contribution is -2.46. The summed E-state index contributed by atoms with van der Waals surface area (Å²) in [5.41, 5.74) is 5.46. The largest absolute Gasteiger partial charge is 0.494 e. The van der Waals surface area contributed by atoms with Crippen LogP contribution in [-0.2, 0) is 29.4 Å². The second-order valence-corrected chi connectivity index (χ2v) is 14.4. The van der Waals surface area contributed by atoms with Gasteiger partial charge in [-0.25, -0.2) is 16.8 Å². The fraction of sp³-hybridized carbons (Fsp3) is 0.429. The normalized spacial score (nSPS) is 19.5. The van der Waals surface area contributed by atoms with E-state index in [1.54, 1.807) is 18.2 Å². The quantitative estimate of drug-likeness (QED) is 0.313. The zero-order valence-corrected chi connectivity index (χ0v) is 24.2. The Morgan fingerprint density at radius 2 is 1.85 bits per heavy atom. The molecular weight excluding hydrogens is 568 g/mol. The van der Waals surface area contributed by atoms with Crippen molar-refractivity contribution < 1.29 is 31.1 Å². The third-order valence-corrected chi connectivity index (χ3v) is 11.1. The van der Waals surface area contributed by atoms with Gasteiger partial charge in [-0.05, 0) is 62.6 Å². The summed E-state index contributed by atoms with van der Waals surface area (Å²) in [6, 6.07) is 15.3. The average Bonchev–Trinajstić information content (AvgIpc) is 3.34. The van der Waals surface area contributed by atoms with Gasteiger partial charge in [-0.1, -0.05) is 24.3 Å². The molecule has 2 saturated heterocycles. The standard InChI is InChI=1S/C28H34N4O7S2/c29-27(33)20-40(34,35)24-7-3-6-23(16-24)38-14-4-11-30-22-17-28(39-19-22)9-12-32(13-10-28)41(36,37)25-15-21-5-1-2-8-26(21)31-18-25/h1-3,5-8,15-16,18,22,30H,4,9-14,17,19-20H2,(H2,29,33)/t22-/m1/s1. The van der Waals surface area contributed by atoms with Gasteiger partial charge in [-0.2, -0.15) is 4.31 Å². The van der Waals surface area contributed by atoms with Gasteiger partial charge in [0.2, 0.25) is 15.9 Å². The highest BCUT2D eigenvalue weighted by Gasteiger charge is 2.44. The summed E-state index contributed by atoms with van der Waals surface area (Å²) in [6.45, 7) is 2.40. The summed E-state index contributed by atoms with van der Waals surface area (Å²) in [5, 5.41) is 4.28. The van der Waals surface area contributed by atoms with Crippen LogP contribution in [0.5, 0.6) is 5.75 Å². The maximum atomic E-state index is 13.3. The molecule has 41 heavy (non-hydrogen) atoms. The van der Waals surface area contributed by atoms with Crippen LogP contribution in [0.2, 0.25) is 0 Å². The number of hydrogen-bond acceptors (Lipinski definition) is 9. The second-order valence-electron chi connectivity index (χ2n) is 10.5. The highest BCUT2D eigenvalue weighted by Crippen LogP contribution is 2.37. The summed E-state index contributed by atoms with van der Waals surface area (Å²) in [6.07, 6.45) is 4.18. The van der Waals surface area contributed by atoms with Crippen LogP contribution in [0.3, 0.4) is 0 Å². The van der Waals surface area contributed by atoms with E-state index in [0.717, 1.165) is 17.3 Å². The zero-order valence-electron chi connectivity index (χ0n) is 22.6. The number of hydrogen-bond donors (Lipinski definition) is 2. The number of benzene rings is 2. The first-order valence-corrected chi connectivity index (χ1v) is 16.6. The Hall–Kier alpha value is -3.10. The number of para-hydroxylation sites is 1. The summed E-state index contributed by atoms with van der Waals surface area (Å²) in [4.78, 5) is 15.6. The van der Waals surface area contributed by atoms with Crippen molar-refractivity contribution in [2.45, 2.75) is 47.1 Å². The zero-order chi connectivity index (χ0) is 29.1. The number of ether oxygens (including phenoxy) is 2. The lowest BCUT2D eigenvalue weighted by atomic mass is 9.88. The van der Waals surface area contributed by atoms with E-state index in [9.17, 15) is 21.6 Å². The molecule has 2 aliphatic heterocycles. The third kappa shape index (κ3) is 6.87. The fourth-order valence-electron chi connectivity index (χ4n) is 5.40. The van der Waals surface area contributed by atoms with E-state index < -0.39 is 31.5 Å². The van der Waals surface area contributed by atoms with Crippen LogP contribution in [-0.4, -0.2) is 82.3 Å². The van der Waals surface area contributed by atoms with Gasteiger partial charge in [0.05, 0.1) is 29.2 Å². The molecule has 1 spiro atoms. The number of pyridine rings is 1. The molecule has 1 atom stereocenters. The molecule has 2 aliphatic rings. The second kappa shape index (κ2) is 12.0. The number of nitrogens with one attached hydrogen (secondary N) is 1. The number of sulfone groups is 1. The van der Waals surface area contributed by atoms with E-state index in [1.807, 2.05) is 24.3 Å². The number of amides is 1. The van der Waals surface area contributed by atoms with E-state index >= 15 is 0 Å². The molecular formula is C28H34N4O7S2. The molecule has 220 valence electrons. The van der Waals surface area contributed by atoms with Crippen LogP contribution in [0.25, 0.3) is 10.9 Å². The molecule has 5 rings (SSSR count). The highest BCUT2D eigenvalue weighted by atomic mass is 32.2. The van der Waals surface area contributed by atoms with E-state index in [0.29, 0.717) is 57.9 Å². The van der Waals surface area contributed by atoms with E-state index in [-0.39, 0.29) is 21.4 Å². The van der Waals surface area contributed by atoms with Gasteiger partial charge in [-0.3, -0.25) is 9.78 Å². The molecule has 13 heteroatoms. The van der Waals surface area contributed by atoms with Crippen molar-refractivity contribution in [1.29, 1.82) is 0 Å². The third-order valence-electron chi connectivity index (χ3n) is 7.57. The van der Waals surface area contributed by atoms with Crippen molar-refractivity contribution in [3.63, 3.8) is 0 Å². The number of nitrogens with zero attached hydrogens (tertiary/aromatic N) is 2. The molecule has 2 fully saturated rings.